The molecule has 0 fully saturated rings. The summed E-state index contributed by atoms with van der Waals surface area (Å²) in [5.41, 5.74) is 7.68. The molecule has 3 amide bonds. The van der Waals surface area contributed by atoms with E-state index in [1.54, 1.807) is 18.2 Å². The Bertz CT molecular complexity index is 647. The molecule has 1 rings (SSSR count). The van der Waals surface area contributed by atoms with Gasteiger partial charge in [-0.25, -0.2) is 5.43 Å². The third-order valence-corrected chi connectivity index (χ3v) is 2.74. The molecule has 0 saturated carbocycles. The zero-order valence-electron chi connectivity index (χ0n) is 13.9. The first kappa shape index (κ1) is 19.9. The van der Waals surface area contributed by atoms with Crippen LogP contribution in [-0.4, -0.2) is 57.9 Å². The van der Waals surface area contributed by atoms with E-state index in [-0.39, 0.29) is 13.2 Å². The van der Waals surface area contributed by atoms with Gasteiger partial charge in [-0.15, -0.1) is 0 Å². The third kappa shape index (κ3) is 7.31. The van der Waals surface area contributed by atoms with Crippen LogP contribution in [-0.2, 0) is 19.1 Å². The molecule has 1 aromatic carbocycles. The van der Waals surface area contributed by atoms with E-state index in [1.165, 1.54) is 20.4 Å². The Morgan fingerprint density at radius 3 is 2.60 bits per heavy atom. The molecular weight excluding hydrogens is 332 g/mol. The third-order valence-electron chi connectivity index (χ3n) is 2.74. The minimum absolute atomic E-state index is 0.219. The first-order valence-electron chi connectivity index (χ1n) is 7.17. The summed E-state index contributed by atoms with van der Waals surface area (Å²) in [6.07, 6.45) is 1.32. The standard InChI is InChI=1S/C15H20N4O6/c1-23-6-5-17-14(21)15(22)19-18-8-10-3-4-11(12(7-10)24-2)25-9-13(16)20/h3-4,7-8H,5-6,9H2,1-2H3,(H2,16,20)(H,17,21)(H,19,22)/b18-8-. The van der Waals surface area contributed by atoms with E-state index in [0.29, 0.717) is 23.7 Å². The van der Waals surface area contributed by atoms with Gasteiger partial charge in [0, 0.05) is 13.7 Å². The zero-order valence-corrected chi connectivity index (χ0v) is 13.9. The number of amides is 3. The number of nitrogens with one attached hydrogen (secondary N) is 2. The Balaban J connectivity index is 2.60. The minimum Gasteiger partial charge on any atom is -0.493 e. The highest BCUT2D eigenvalue weighted by Gasteiger charge is 2.11. The Hall–Kier alpha value is -3.14. The fourth-order valence-electron chi connectivity index (χ4n) is 1.60. The molecule has 0 radical (unpaired) electrons. The molecule has 0 spiro atoms. The Kier molecular flexibility index (Phi) is 8.44. The summed E-state index contributed by atoms with van der Waals surface area (Å²) >= 11 is 0. The van der Waals surface area contributed by atoms with E-state index in [2.05, 4.69) is 15.8 Å². The number of benzene rings is 1. The second-order valence-electron chi connectivity index (χ2n) is 4.61. The van der Waals surface area contributed by atoms with E-state index in [4.69, 9.17) is 19.9 Å². The maximum atomic E-state index is 11.5. The van der Waals surface area contributed by atoms with Crippen LogP contribution in [0.4, 0.5) is 0 Å². The van der Waals surface area contributed by atoms with E-state index in [9.17, 15) is 14.4 Å². The summed E-state index contributed by atoms with van der Waals surface area (Å²) in [5.74, 6) is -1.64. The SMILES string of the molecule is COCCNC(=O)C(=O)N/N=C\c1ccc(OCC(N)=O)c(OC)c1. The van der Waals surface area contributed by atoms with Crippen LogP contribution in [0.15, 0.2) is 23.3 Å². The second kappa shape index (κ2) is 10.6. The summed E-state index contributed by atoms with van der Waals surface area (Å²) in [5, 5.41) is 6.04. The number of hydrogen-bond acceptors (Lipinski definition) is 7. The Labute approximate surface area is 144 Å². The van der Waals surface area contributed by atoms with Gasteiger partial charge in [-0.1, -0.05) is 0 Å². The maximum absolute atomic E-state index is 11.5. The molecule has 0 aliphatic carbocycles. The van der Waals surface area contributed by atoms with Crippen LogP contribution in [0.25, 0.3) is 0 Å². The molecule has 10 nitrogen and oxygen atoms in total. The number of hydrazone groups is 1. The fraction of sp³-hybridized carbons (Fsp3) is 0.333. The monoisotopic (exact) mass is 352 g/mol. The van der Waals surface area contributed by atoms with E-state index in [0.717, 1.165) is 0 Å². The summed E-state index contributed by atoms with van der Waals surface area (Å²) < 4.78 is 15.1. The topological polar surface area (TPSA) is 141 Å². The molecule has 0 aliphatic rings. The minimum atomic E-state index is -0.902. The largest absolute Gasteiger partial charge is 0.493 e. The average molecular weight is 352 g/mol. The van der Waals surface area contributed by atoms with E-state index in [1.807, 2.05) is 0 Å². The van der Waals surface area contributed by atoms with Gasteiger partial charge in [-0.05, 0) is 23.8 Å². The van der Waals surface area contributed by atoms with Crippen molar-refractivity contribution in [2.24, 2.45) is 10.8 Å². The number of ether oxygens (including phenoxy) is 3. The first-order chi connectivity index (χ1) is 12.0. The zero-order chi connectivity index (χ0) is 18.7. The number of nitrogens with zero attached hydrogens (tertiary/aromatic N) is 1. The molecule has 0 aliphatic heterocycles. The number of rotatable bonds is 9. The van der Waals surface area contributed by atoms with Crippen molar-refractivity contribution in [3.63, 3.8) is 0 Å². The van der Waals surface area contributed by atoms with Crippen LogP contribution < -0.4 is 25.9 Å². The van der Waals surface area contributed by atoms with Gasteiger partial charge in [0.25, 0.3) is 5.91 Å². The van der Waals surface area contributed by atoms with Crippen LogP contribution in [0, 0.1) is 0 Å². The lowest BCUT2D eigenvalue weighted by Crippen LogP contribution is -2.39. The van der Waals surface area contributed by atoms with Crippen molar-refractivity contribution in [2.75, 3.05) is 34.0 Å². The van der Waals surface area contributed by atoms with Gasteiger partial charge in [0.05, 0.1) is 19.9 Å². The predicted octanol–water partition coefficient (Wildman–Crippen LogP) is -1.23. The lowest BCUT2D eigenvalue weighted by Gasteiger charge is -2.09. The highest BCUT2D eigenvalue weighted by Crippen LogP contribution is 2.27. The molecular formula is C15H20N4O6. The van der Waals surface area contributed by atoms with Gasteiger partial charge in [-0.3, -0.25) is 14.4 Å². The van der Waals surface area contributed by atoms with Gasteiger partial charge in [0.15, 0.2) is 18.1 Å². The molecule has 0 aromatic heterocycles. The smallest absolute Gasteiger partial charge is 0.329 e. The number of carbonyl (C=O) groups excluding carboxylic acids is 3. The summed E-state index contributed by atoms with van der Waals surface area (Å²) in [4.78, 5) is 33.6. The van der Waals surface area contributed by atoms with Crippen LogP contribution in [0.3, 0.4) is 0 Å². The second-order valence-corrected chi connectivity index (χ2v) is 4.61. The number of hydrogen-bond donors (Lipinski definition) is 3. The van der Waals surface area contributed by atoms with Crippen molar-refractivity contribution in [3.05, 3.63) is 23.8 Å². The average Bonchev–Trinajstić information content (AvgIpc) is 2.60. The number of carbonyl (C=O) groups is 3. The molecule has 0 bridgehead atoms. The molecule has 0 heterocycles. The molecule has 0 unspecified atom stereocenters. The molecule has 0 atom stereocenters. The normalized spacial score (nSPS) is 10.3. The number of methoxy groups -OCH3 is 2. The Morgan fingerprint density at radius 2 is 1.96 bits per heavy atom. The molecule has 4 N–H and O–H groups in total. The maximum Gasteiger partial charge on any atom is 0.329 e. The molecule has 1 aromatic rings. The van der Waals surface area contributed by atoms with Crippen molar-refractivity contribution in [1.82, 2.24) is 10.7 Å². The van der Waals surface area contributed by atoms with Crippen molar-refractivity contribution < 1.29 is 28.6 Å². The van der Waals surface area contributed by atoms with Crippen molar-refractivity contribution in [1.29, 1.82) is 0 Å². The lowest BCUT2D eigenvalue weighted by molar-refractivity contribution is -0.139. The fourth-order valence-corrected chi connectivity index (χ4v) is 1.60. The van der Waals surface area contributed by atoms with Crippen molar-refractivity contribution in [3.8, 4) is 11.5 Å². The van der Waals surface area contributed by atoms with Crippen LogP contribution in [0.2, 0.25) is 0 Å². The van der Waals surface area contributed by atoms with Crippen molar-refractivity contribution in [2.45, 2.75) is 0 Å². The number of nitrogens with two attached hydrogens (primary N) is 1. The van der Waals surface area contributed by atoms with Gasteiger partial charge >= 0.3 is 11.8 Å². The first-order valence-corrected chi connectivity index (χ1v) is 7.17. The summed E-state index contributed by atoms with van der Waals surface area (Å²) in [6.45, 7) is 0.237. The predicted molar refractivity (Wildman–Crippen MR) is 88.3 cm³/mol. The van der Waals surface area contributed by atoms with Crippen molar-refractivity contribution >= 4 is 23.9 Å². The highest BCUT2D eigenvalue weighted by atomic mass is 16.5. The van der Waals surface area contributed by atoms with Gasteiger partial charge in [0.1, 0.15) is 0 Å². The molecule has 25 heavy (non-hydrogen) atoms. The van der Waals surface area contributed by atoms with Crippen LogP contribution >= 0.6 is 0 Å². The van der Waals surface area contributed by atoms with E-state index < -0.39 is 17.7 Å². The van der Waals surface area contributed by atoms with Crippen LogP contribution in [0.1, 0.15) is 5.56 Å². The highest BCUT2D eigenvalue weighted by molar-refractivity contribution is 6.35. The Morgan fingerprint density at radius 1 is 1.20 bits per heavy atom. The van der Waals surface area contributed by atoms with Crippen LogP contribution in [0.5, 0.6) is 11.5 Å². The molecule has 136 valence electrons. The molecule has 10 heteroatoms. The van der Waals surface area contributed by atoms with Gasteiger partial charge in [-0.2, -0.15) is 5.10 Å². The summed E-state index contributed by atoms with van der Waals surface area (Å²) in [6, 6.07) is 4.75. The van der Waals surface area contributed by atoms with Gasteiger partial charge < -0.3 is 25.3 Å². The van der Waals surface area contributed by atoms with E-state index >= 15 is 0 Å². The molecule has 0 saturated heterocycles. The number of primary amides is 1. The lowest BCUT2D eigenvalue weighted by atomic mass is 10.2. The van der Waals surface area contributed by atoms with Gasteiger partial charge in [0.2, 0.25) is 0 Å². The quantitative estimate of drug-likeness (QED) is 0.220. The summed E-state index contributed by atoms with van der Waals surface area (Å²) in [7, 11) is 2.91.